The van der Waals surface area contributed by atoms with Crippen LogP contribution in [0.15, 0.2) is 12.4 Å². The van der Waals surface area contributed by atoms with Crippen molar-refractivity contribution in [1.29, 1.82) is 0 Å². The van der Waals surface area contributed by atoms with Crippen LogP contribution in [0, 0.1) is 3.57 Å². The fourth-order valence-corrected chi connectivity index (χ4v) is 0.930. The van der Waals surface area contributed by atoms with Gasteiger partial charge in [0.25, 0.3) is 0 Å². The number of hydrogen-bond acceptors (Lipinski definition) is 4. The summed E-state index contributed by atoms with van der Waals surface area (Å²) in [6.07, 6.45) is 3.36. The van der Waals surface area contributed by atoms with Gasteiger partial charge in [0.1, 0.15) is 0 Å². The number of carbonyl (C=O) groups is 1. The van der Waals surface area contributed by atoms with E-state index in [4.69, 9.17) is 0 Å². The van der Waals surface area contributed by atoms with E-state index in [-0.39, 0.29) is 12.5 Å². The van der Waals surface area contributed by atoms with Crippen LogP contribution in [-0.4, -0.2) is 29.5 Å². The Morgan fingerprint density at radius 3 is 2.69 bits per heavy atom. The van der Waals surface area contributed by atoms with Crippen molar-refractivity contribution in [3.8, 4) is 0 Å². The summed E-state index contributed by atoms with van der Waals surface area (Å²) in [6, 6.07) is 0. The summed E-state index contributed by atoms with van der Waals surface area (Å²) in [6.45, 7) is 0.192. The maximum Gasteiger partial charge on any atom is 0.239 e. The number of rotatable bonds is 3. The van der Waals surface area contributed by atoms with Gasteiger partial charge in [-0.1, -0.05) is 0 Å². The van der Waals surface area contributed by atoms with Gasteiger partial charge in [0.2, 0.25) is 11.9 Å². The lowest BCUT2D eigenvalue weighted by Crippen LogP contribution is -2.26. The molecule has 1 amide bonds. The second-order valence-electron chi connectivity index (χ2n) is 2.25. The van der Waals surface area contributed by atoms with Crippen LogP contribution >= 0.6 is 22.6 Å². The number of hydrogen-bond donors (Lipinski definition) is 2. The van der Waals surface area contributed by atoms with Crippen molar-refractivity contribution in [2.45, 2.75) is 0 Å². The third kappa shape index (κ3) is 3.53. The van der Waals surface area contributed by atoms with Crippen LogP contribution in [0.5, 0.6) is 0 Å². The molecule has 0 spiro atoms. The van der Waals surface area contributed by atoms with E-state index < -0.39 is 0 Å². The summed E-state index contributed by atoms with van der Waals surface area (Å²) in [5, 5.41) is 5.27. The van der Waals surface area contributed by atoms with Gasteiger partial charge < -0.3 is 10.6 Å². The van der Waals surface area contributed by atoms with E-state index in [2.05, 4.69) is 43.2 Å². The Balaban J connectivity index is 2.46. The molecular weight excluding hydrogens is 283 g/mol. The first-order chi connectivity index (χ1) is 6.22. The molecule has 0 radical (unpaired) electrons. The molecule has 5 nitrogen and oxygen atoms in total. The van der Waals surface area contributed by atoms with Gasteiger partial charge in [0.05, 0.1) is 6.54 Å². The van der Waals surface area contributed by atoms with Crippen molar-refractivity contribution >= 4 is 34.4 Å². The Hall–Kier alpha value is -0.920. The minimum absolute atomic E-state index is 0.0952. The molecule has 0 fully saturated rings. The van der Waals surface area contributed by atoms with Gasteiger partial charge in [0.15, 0.2) is 0 Å². The predicted molar refractivity (Wildman–Crippen MR) is 57.3 cm³/mol. The zero-order valence-electron chi connectivity index (χ0n) is 7.04. The van der Waals surface area contributed by atoms with Crippen molar-refractivity contribution in [2.75, 3.05) is 18.9 Å². The molecule has 0 aliphatic carbocycles. The highest BCUT2D eigenvalue weighted by Gasteiger charge is 1.98. The van der Waals surface area contributed by atoms with Gasteiger partial charge >= 0.3 is 0 Å². The fourth-order valence-electron chi connectivity index (χ4n) is 0.651. The smallest absolute Gasteiger partial charge is 0.239 e. The highest BCUT2D eigenvalue weighted by atomic mass is 127. The molecule has 6 heteroatoms. The molecule has 0 saturated carbocycles. The number of nitrogens with one attached hydrogen (secondary N) is 2. The highest BCUT2D eigenvalue weighted by molar-refractivity contribution is 14.1. The topological polar surface area (TPSA) is 66.9 Å². The molecule has 2 N–H and O–H groups in total. The van der Waals surface area contributed by atoms with Crippen LogP contribution in [-0.2, 0) is 4.79 Å². The van der Waals surface area contributed by atoms with E-state index in [0.29, 0.717) is 5.95 Å². The molecule has 0 saturated heterocycles. The first kappa shape index (κ1) is 10.2. The van der Waals surface area contributed by atoms with Gasteiger partial charge in [-0.2, -0.15) is 0 Å². The number of aromatic nitrogens is 2. The fraction of sp³-hybridized carbons (Fsp3) is 0.286. The number of likely N-dealkylation sites (N-methyl/N-ethyl adjacent to an activating group) is 1. The van der Waals surface area contributed by atoms with Crippen LogP contribution in [0.2, 0.25) is 0 Å². The van der Waals surface area contributed by atoms with E-state index in [0.717, 1.165) is 3.57 Å². The average Bonchev–Trinajstić information content (AvgIpc) is 2.16. The molecule has 0 aromatic carbocycles. The van der Waals surface area contributed by atoms with Gasteiger partial charge in [0, 0.05) is 23.0 Å². The molecule has 0 atom stereocenters. The monoisotopic (exact) mass is 292 g/mol. The van der Waals surface area contributed by atoms with Crippen molar-refractivity contribution in [3.63, 3.8) is 0 Å². The van der Waals surface area contributed by atoms with E-state index in [1.807, 2.05) is 0 Å². The second-order valence-corrected chi connectivity index (χ2v) is 3.50. The Bertz CT molecular complexity index is 287. The average molecular weight is 292 g/mol. The minimum atomic E-state index is -0.0952. The Morgan fingerprint density at radius 1 is 1.54 bits per heavy atom. The first-order valence-corrected chi connectivity index (χ1v) is 4.72. The van der Waals surface area contributed by atoms with Gasteiger partial charge in [-0.15, -0.1) is 0 Å². The largest absolute Gasteiger partial charge is 0.358 e. The Kier molecular flexibility index (Phi) is 3.87. The van der Waals surface area contributed by atoms with Crippen LogP contribution < -0.4 is 10.6 Å². The zero-order chi connectivity index (χ0) is 9.68. The number of anilines is 1. The molecular formula is C7H9IN4O. The molecule has 1 aromatic heterocycles. The van der Waals surface area contributed by atoms with Crippen molar-refractivity contribution in [3.05, 3.63) is 16.0 Å². The van der Waals surface area contributed by atoms with Crippen LogP contribution in [0.3, 0.4) is 0 Å². The zero-order valence-corrected chi connectivity index (χ0v) is 9.20. The lowest BCUT2D eigenvalue weighted by molar-refractivity contribution is -0.118. The quantitative estimate of drug-likeness (QED) is 0.783. The number of nitrogens with zero attached hydrogens (tertiary/aromatic N) is 2. The SMILES string of the molecule is CNC(=O)CNc1ncc(I)cn1. The summed E-state index contributed by atoms with van der Waals surface area (Å²) in [5.41, 5.74) is 0. The highest BCUT2D eigenvalue weighted by Crippen LogP contribution is 2.01. The lowest BCUT2D eigenvalue weighted by atomic mass is 10.6. The molecule has 13 heavy (non-hydrogen) atoms. The van der Waals surface area contributed by atoms with Crippen LogP contribution in [0.25, 0.3) is 0 Å². The van der Waals surface area contributed by atoms with Gasteiger partial charge in [-0.25, -0.2) is 9.97 Å². The maximum absolute atomic E-state index is 10.8. The van der Waals surface area contributed by atoms with Crippen molar-refractivity contribution < 1.29 is 4.79 Å². The lowest BCUT2D eigenvalue weighted by Gasteiger charge is -2.02. The Labute approximate surface area is 89.5 Å². The van der Waals surface area contributed by atoms with Crippen LogP contribution in [0.1, 0.15) is 0 Å². The van der Waals surface area contributed by atoms with Gasteiger partial charge in [-0.05, 0) is 22.6 Å². The summed E-state index contributed by atoms with van der Waals surface area (Å²) in [4.78, 5) is 18.8. The van der Waals surface area contributed by atoms with Crippen molar-refractivity contribution in [1.82, 2.24) is 15.3 Å². The van der Waals surface area contributed by atoms with Crippen molar-refractivity contribution in [2.24, 2.45) is 0 Å². The first-order valence-electron chi connectivity index (χ1n) is 3.64. The number of amides is 1. The Morgan fingerprint density at radius 2 is 2.15 bits per heavy atom. The summed E-state index contributed by atoms with van der Waals surface area (Å²) in [7, 11) is 1.58. The summed E-state index contributed by atoms with van der Waals surface area (Å²) >= 11 is 2.11. The van der Waals surface area contributed by atoms with Crippen LogP contribution in [0.4, 0.5) is 5.95 Å². The molecule has 0 aliphatic heterocycles. The molecule has 70 valence electrons. The second kappa shape index (κ2) is 4.95. The molecule has 0 unspecified atom stereocenters. The summed E-state index contributed by atoms with van der Waals surface area (Å²) < 4.78 is 0.961. The molecule has 0 aliphatic rings. The summed E-state index contributed by atoms with van der Waals surface area (Å²) in [5.74, 6) is 0.367. The molecule has 1 rings (SSSR count). The number of halogens is 1. The van der Waals surface area contributed by atoms with E-state index >= 15 is 0 Å². The van der Waals surface area contributed by atoms with Gasteiger partial charge in [-0.3, -0.25) is 4.79 Å². The standard InChI is InChI=1S/C7H9IN4O/c1-9-6(13)4-12-7-10-2-5(8)3-11-7/h2-3H,4H2,1H3,(H,9,13)(H,10,11,12). The third-order valence-electron chi connectivity index (χ3n) is 1.31. The third-order valence-corrected chi connectivity index (χ3v) is 1.86. The molecule has 1 aromatic rings. The normalized spacial score (nSPS) is 9.38. The van der Waals surface area contributed by atoms with E-state index in [9.17, 15) is 4.79 Å². The predicted octanol–water partition coefficient (Wildman–Crippen LogP) is 0.239. The maximum atomic E-state index is 10.8. The van der Waals surface area contributed by atoms with E-state index in [1.54, 1.807) is 19.4 Å². The number of carbonyl (C=O) groups excluding carboxylic acids is 1. The molecule has 1 heterocycles. The molecule has 0 bridgehead atoms. The van der Waals surface area contributed by atoms with E-state index in [1.165, 1.54) is 0 Å². The minimum Gasteiger partial charge on any atom is -0.358 e.